The van der Waals surface area contributed by atoms with Gasteiger partial charge in [0.1, 0.15) is 22.8 Å². The van der Waals surface area contributed by atoms with Gasteiger partial charge >= 0.3 is 0 Å². The molecule has 1 aliphatic rings. The monoisotopic (exact) mass is 302 g/mol. The number of amides is 1. The Balaban J connectivity index is 1.83. The van der Waals surface area contributed by atoms with Crippen LogP contribution >= 0.6 is 0 Å². The van der Waals surface area contributed by atoms with Gasteiger partial charge in [0.25, 0.3) is 5.91 Å². The number of furan rings is 1. The quantitative estimate of drug-likeness (QED) is 0.852. The van der Waals surface area contributed by atoms with Gasteiger partial charge in [-0.25, -0.2) is 0 Å². The molecule has 22 heavy (non-hydrogen) atoms. The van der Waals surface area contributed by atoms with Gasteiger partial charge in [0.2, 0.25) is 0 Å². The van der Waals surface area contributed by atoms with Gasteiger partial charge in [0, 0.05) is 24.4 Å². The van der Waals surface area contributed by atoms with E-state index in [1.165, 1.54) is 0 Å². The molecule has 3 heterocycles. The molecule has 0 spiro atoms. The van der Waals surface area contributed by atoms with E-state index in [0.29, 0.717) is 17.9 Å². The second-order valence-corrected chi connectivity index (χ2v) is 6.96. The highest BCUT2D eigenvalue weighted by atomic mass is 16.5. The first kappa shape index (κ1) is 14.9. The number of likely N-dealkylation sites (tertiary alicyclic amines) is 1. The van der Waals surface area contributed by atoms with Gasteiger partial charge in [0.15, 0.2) is 0 Å². The summed E-state index contributed by atoms with van der Waals surface area (Å²) in [5.74, 6) is 1.83. The molecule has 2 aromatic rings. The molecule has 0 bridgehead atoms. The summed E-state index contributed by atoms with van der Waals surface area (Å²) < 4.78 is 10.8. The highest BCUT2D eigenvalue weighted by Crippen LogP contribution is 2.32. The first-order chi connectivity index (χ1) is 10.4. The number of carbonyl (C=O) groups is 1. The van der Waals surface area contributed by atoms with Crippen molar-refractivity contribution in [1.29, 1.82) is 0 Å². The Hall–Kier alpha value is -2.04. The first-order valence-corrected chi connectivity index (χ1v) is 7.67. The van der Waals surface area contributed by atoms with Crippen LogP contribution in [0.25, 0.3) is 0 Å². The summed E-state index contributed by atoms with van der Waals surface area (Å²) in [5.41, 5.74) is 1.13. The minimum Gasteiger partial charge on any atom is -0.469 e. The first-order valence-electron chi connectivity index (χ1n) is 7.67. The Morgan fingerprint density at radius 2 is 2.18 bits per heavy atom. The molecule has 3 rings (SSSR count). The van der Waals surface area contributed by atoms with Crippen molar-refractivity contribution in [1.82, 2.24) is 10.1 Å². The zero-order valence-electron chi connectivity index (χ0n) is 13.5. The summed E-state index contributed by atoms with van der Waals surface area (Å²) in [4.78, 5) is 14.8. The summed E-state index contributed by atoms with van der Waals surface area (Å²) in [6.07, 6.45) is 2.61. The highest BCUT2D eigenvalue weighted by molar-refractivity contribution is 5.96. The second kappa shape index (κ2) is 5.30. The van der Waals surface area contributed by atoms with E-state index < -0.39 is 0 Å². The number of carbonyl (C=O) groups excluding carboxylic acids is 1. The van der Waals surface area contributed by atoms with Crippen LogP contribution < -0.4 is 0 Å². The van der Waals surface area contributed by atoms with Crippen LogP contribution in [0.5, 0.6) is 0 Å². The fraction of sp³-hybridized carbons (Fsp3) is 0.529. The predicted molar refractivity (Wildman–Crippen MR) is 81.9 cm³/mol. The number of aromatic nitrogens is 1. The Morgan fingerprint density at radius 1 is 1.41 bits per heavy atom. The van der Waals surface area contributed by atoms with Gasteiger partial charge in [0.05, 0.1) is 6.26 Å². The SMILES string of the molecule is Cc1onc(C(C)(C)C)c1C(=O)N1CCC(c2ccco2)C1. The van der Waals surface area contributed by atoms with Crippen LogP contribution in [0.3, 0.4) is 0 Å². The van der Waals surface area contributed by atoms with Crippen LogP contribution in [0.1, 0.15) is 60.7 Å². The lowest BCUT2D eigenvalue weighted by Gasteiger charge is -2.20. The van der Waals surface area contributed by atoms with Gasteiger partial charge in [-0.05, 0) is 25.5 Å². The van der Waals surface area contributed by atoms with Crippen molar-refractivity contribution in [3.05, 3.63) is 41.2 Å². The van der Waals surface area contributed by atoms with Gasteiger partial charge in [-0.15, -0.1) is 0 Å². The van der Waals surface area contributed by atoms with Crippen molar-refractivity contribution in [2.45, 2.75) is 45.4 Å². The van der Waals surface area contributed by atoms with E-state index in [2.05, 4.69) is 5.16 Å². The molecule has 0 saturated carbocycles. The van der Waals surface area contributed by atoms with Crippen molar-refractivity contribution < 1.29 is 13.7 Å². The Kier molecular flexibility index (Phi) is 3.59. The molecule has 5 nitrogen and oxygen atoms in total. The largest absolute Gasteiger partial charge is 0.469 e. The summed E-state index contributed by atoms with van der Waals surface area (Å²) >= 11 is 0. The van der Waals surface area contributed by atoms with Crippen LogP contribution in [0, 0.1) is 6.92 Å². The zero-order chi connectivity index (χ0) is 15.9. The number of nitrogens with zero attached hydrogens (tertiary/aromatic N) is 2. The van der Waals surface area contributed by atoms with E-state index in [9.17, 15) is 4.79 Å². The Morgan fingerprint density at radius 3 is 2.82 bits per heavy atom. The van der Waals surface area contributed by atoms with E-state index in [4.69, 9.17) is 8.94 Å². The van der Waals surface area contributed by atoms with Crippen molar-refractivity contribution in [3.63, 3.8) is 0 Å². The minimum absolute atomic E-state index is 0.0118. The maximum absolute atomic E-state index is 12.9. The van der Waals surface area contributed by atoms with Gasteiger partial charge in [-0.3, -0.25) is 4.79 Å². The lowest BCUT2D eigenvalue weighted by Crippen LogP contribution is -2.31. The van der Waals surface area contributed by atoms with E-state index in [0.717, 1.165) is 24.4 Å². The molecule has 5 heteroatoms. The summed E-state index contributed by atoms with van der Waals surface area (Å²) in [6.45, 7) is 9.33. The van der Waals surface area contributed by atoms with Gasteiger partial charge < -0.3 is 13.8 Å². The smallest absolute Gasteiger partial charge is 0.259 e. The molecule has 118 valence electrons. The fourth-order valence-electron chi connectivity index (χ4n) is 2.99. The van der Waals surface area contributed by atoms with Crippen molar-refractivity contribution in [2.24, 2.45) is 0 Å². The van der Waals surface area contributed by atoms with Crippen LogP contribution in [-0.4, -0.2) is 29.1 Å². The third kappa shape index (κ3) is 2.56. The van der Waals surface area contributed by atoms with Gasteiger partial charge in [-0.2, -0.15) is 0 Å². The maximum Gasteiger partial charge on any atom is 0.259 e. The molecular weight excluding hydrogens is 280 g/mol. The molecule has 1 atom stereocenters. The molecule has 0 radical (unpaired) electrons. The predicted octanol–water partition coefficient (Wildman–Crippen LogP) is 3.50. The maximum atomic E-state index is 12.9. The van der Waals surface area contributed by atoms with Crippen LogP contribution in [0.15, 0.2) is 27.3 Å². The van der Waals surface area contributed by atoms with Gasteiger partial charge in [-0.1, -0.05) is 25.9 Å². The molecule has 2 aromatic heterocycles. The average molecular weight is 302 g/mol. The molecule has 1 saturated heterocycles. The molecule has 1 unspecified atom stereocenters. The van der Waals surface area contributed by atoms with Crippen molar-refractivity contribution >= 4 is 5.91 Å². The van der Waals surface area contributed by atoms with E-state index in [-0.39, 0.29) is 17.2 Å². The Bertz CT molecular complexity index is 665. The van der Waals surface area contributed by atoms with Crippen LogP contribution in [-0.2, 0) is 5.41 Å². The summed E-state index contributed by atoms with van der Waals surface area (Å²) in [6, 6.07) is 3.87. The molecule has 1 fully saturated rings. The topological polar surface area (TPSA) is 59.5 Å². The molecule has 0 aromatic carbocycles. The number of rotatable bonds is 2. The molecular formula is C17H22N2O3. The summed E-state index contributed by atoms with van der Waals surface area (Å²) in [5, 5.41) is 4.11. The number of hydrogen-bond acceptors (Lipinski definition) is 4. The second-order valence-electron chi connectivity index (χ2n) is 6.96. The number of hydrogen-bond donors (Lipinski definition) is 0. The zero-order valence-corrected chi connectivity index (χ0v) is 13.5. The van der Waals surface area contributed by atoms with Crippen LogP contribution in [0.4, 0.5) is 0 Å². The normalized spacial score (nSPS) is 18.9. The lowest BCUT2D eigenvalue weighted by molar-refractivity contribution is 0.0786. The van der Waals surface area contributed by atoms with E-state index in [1.807, 2.05) is 37.8 Å². The highest BCUT2D eigenvalue weighted by Gasteiger charge is 2.35. The molecule has 0 aliphatic carbocycles. The van der Waals surface area contributed by atoms with E-state index in [1.54, 1.807) is 13.2 Å². The van der Waals surface area contributed by atoms with Crippen molar-refractivity contribution in [2.75, 3.05) is 13.1 Å². The van der Waals surface area contributed by atoms with Crippen molar-refractivity contribution in [3.8, 4) is 0 Å². The minimum atomic E-state index is -0.219. The fourth-order valence-corrected chi connectivity index (χ4v) is 2.99. The number of aryl methyl sites for hydroxylation is 1. The standard InChI is InChI=1S/C17H22N2O3/c1-11-14(15(18-22-11)17(2,3)4)16(20)19-8-7-12(10-19)13-6-5-9-21-13/h5-6,9,12H,7-8,10H2,1-4H3. The summed E-state index contributed by atoms with van der Waals surface area (Å²) in [7, 11) is 0. The molecule has 0 N–H and O–H groups in total. The lowest BCUT2D eigenvalue weighted by atomic mass is 9.88. The third-order valence-corrected chi connectivity index (χ3v) is 4.21. The van der Waals surface area contributed by atoms with E-state index >= 15 is 0 Å². The molecule has 1 amide bonds. The third-order valence-electron chi connectivity index (χ3n) is 4.21. The van der Waals surface area contributed by atoms with Crippen LogP contribution in [0.2, 0.25) is 0 Å². The average Bonchev–Trinajstić information content (AvgIpc) is 3.17. The molecule has 1 aliphatic heterocycles. The Labute approximate surface area is 130 Å².